The molecule has 3 atom stereocenters. The highest BCUT2D eigenvalue weighted by molar-refractivity contribution is 7.91. The summed E-state index contributed by atoms with van der Waals surface area (Å²) in [4.78, 5) is 36.0. The standard InChI is InChI=1S/C17H20N2O6S/c1-25-17(22)10-3-2-4-11(7-10)18-15(20)13-8-14(13)16(21)19-12-5-6-26(23,24)9-12/h2-4,7,12-14H,5-6,8-9H2,1H3,(H,18,20)(H,19,21). The number of anilines is 1. The van der Waals surface area contributed by atoms with Gasteiger partial charge in [-0.15, -0.1) is 0 Å². The molecule has 2 N–H and O–H groups in total. The second kappa shape index (κ2) is 7.06. The van der Waals surface area contributed by atoms with Crippen molar-refractivity contribution in [3.63, 3.8) is 0 Å². The minimum absolute atomic E-state index is 0.0390. The van der Waals surface area contributed by atoms with E-state index in [0.29, 0.717) is 24.1 Å². The first-order valence-electron chi connectivity index (χ1n) is 8.29. The van der Waals surface area contributed by atoms with E-state index in [1.165, 1.54) is 13.2 Å². The summed E-state index contributed by atoms with van der Waals surface area (Å²) in [5.41, 5.74) is 0.767. The molecule has 3 rings (SSSR count). The number of hydrogen-bond donors (Lipinski definition) is 2. The van der Waals surface area contributed by atoms with Gasteiger partial charge < -0.3 is 15.4 Å². The molecule has 1 saturated carbocycles. The number of amides is 2. The van der Waals surface area contributed by atoms with Gasteiger partial charge >= 0.3 is 5.97 Å². The molecule has 1 saturated heterocycles. The van der Waals surface area contributed by atoms with E-state index in [1.54, 1.807) is 18.2 Å². The number of sulfone groups is 1. The van der Waals surface area contributed by atoms with Crippen LogP contribution in [0, 0.1) is 11.8 Å². The molecule has 0 spiro atoms. The third-order valence-electron chi connectivity index (χ3n) is 4.59. The molecule has 1 aliphatic heterocycles. The van der Waals surface area contributed by atoms with E-state index in [-0.39, 0.29) is 29.4 Å². The molecular weight excluding hydrogens is 360 g/mol. The number of methoxy groups -OCH3 is 1. The lowest BCUT2D eigenvalue weighted by molar-refractivity contribution is -0.125. The Morgan fingerprint density at radius 2 is 1.88 bits per heavy atom. The van der Waals surface area contributed by atoms with Crippen LogP contribution in [0.5, 0.6) is 0 Å². The van der Waals surface area contributed by atoms with Gasteiger partial charge in [0.2, 0.25) is 11.8 Å². The summed E-state index contributed by atoms with van der Waals surface area (Å²) in [6.45, 7) is 0. The van der Waals surface area contributed by atoms with Crippen LogP contribution in [0.3, 0.4) is 0 Å². The normalized spacial score (nSPS) is 26.0. The van der Waals surface area contributed by atoms with Crippen molar-refractivity contribution in [1.82, 2.24) is 5.32 Å². The van der Waals surface area contributed by atoms with Gasteiger partial charge in [-0.1, -0.05) is 6.07 Å². The topological polar surface area (TPSA) is 119 Å². The van der Waals surface area contributed by atoms with E-state index in [1.807, 2.05) is 0 Å². The number of rotatable bonds is 5. The van der Waals surface area contributed by atoms with Gasteiger partial charge in [-0.05, 0) is 31.0 Å². The Morgan fingerprint density at radius 3 is 2.54 bits per heavy atom. The van der Waals surface area contributed by atoms with Crippen LogP contribution < -0.4 is 10.6 Å². The van der Waals surface area contributed by atoms with E-state index in [9.17, 15) is 22.8 Å². The summed E-state index contributed by atoms with van der Waals surface area (Å²) in [5, 5.41) is 5.41. The minimum Gasteiger partial charge on any atom is -0.465 e. The molecule has 0 aromatic heterocycles. The summed E-state index contributed by atoms with van der Waals surface area (Å²) in [6.07, 6.45) is 0.839. The molecule has 2 aliphatic rings. The van der Waals surface area contributed by atoms with Gasteiger partial charge in [0.05, 0.1) is 36.0 Å². The molecule has 9 heteroatoms. The zero-order chi connectivity index (χ0) is 18.9. The van der Waals surface area contributed by atoms with Gasteiger partial charge in [-0.2, -0.15) is 0 Å². The molecule has 2 amide bonds. The first-order chi connectivity index (χ1) is 12.3. The fourth-order valence-corrected chi connectivity index (χ4v) is 4.74. The van der Waals surface area contributed by atoms with Crippen molar-refractivity contribution >= 4 is 33.3 Å². The molecule has 1 aromatic carbocycles. The van der Waals surface area contributed by atoms with Gasteiger partial charge in [0.15, 0.2) is 9.84 Å². The molecule has 8 nitrogen and oxygen atoms in total. The predicted octanol–water partition coefficient (Wildman–Crippen LogP) is 0.351. The van der Waals surface area contributed by atoms with Gasteiger partial charge in [-0.25, -0.2) is 13.2 Å². The summed E-state index contributed by atoms with van der Waals surface area (Å²) in [6, 6.07) is 5.98. The maximum atomic E-state index is 12.3. The Kier molecular flexibility index (Phi) is 4.99. The van der Waals surface area contributed by atoms with Crippen molar-refractivity contribution in [3.8, 4) is 0 Å². The zero-order valence-electron chi connectivity index (χ0n) is 14.2. The van der Waals surface area contributed by atoms with Gasteiger partial charge in [0, 0.05) is 11.7 Å². The third kappa shape index (κ3) is 4.21. The maximum absolute atomic E-state index is 12.3. The third-order valence-corrected chi connectivity index (χ3v) is 6.36. The Labute approximate surface area is 151 Å². The molecule has 1 aliphatic carbocycles. The second-order valence-electron chi connectivity index (χ2n) is 6.62. The van der Waals surface area contributed by atoms with Crippen molar-refractivity contribution in [2.24, 2.45) is 11.8 Å². The van der Waals surface area contributed by atoms with Crippen LogP contribution in [-0.2, 0) is 24.2 Å². The molecule has 2 fully saturated rings. The van der Waals surface area contributed by atoms with Crippen LogP contribution >= 0.6 is 0 Å². The molecule has 0 bridgehead atoms. The van der Waals surface area contributed by atoms with Gasteiger partial charge in [0.1, 0.15) is 0 Å². The van der Waals surface area contributed by atoms with Crippen molar-refractivity contribution in [2.75, 3.05) is 23.9 Å². The predicted molar refractivity (Wildman–Crippen MR) is 93.2 cm³/mol. The Bertz CT molecular complexity index is 851. The monoisotopic (exact) mass is 380 g/mol. The molecule has 3 unspecified atom stereocenters. The van der Waals surface area contributed by atoms with Crippen molar-refractivity contribution in [3.05, 3.63) is 29.8 Å². The summed E-state index contributed by atoms with van der Waals surface area (Å²) in [7, 11) is -1.79. The number of carbonyl (C=O) groups is 3. The highest BCUT2D eigenvalue weighted by Crippen LogP contribution is 2.39. The number of nitrogens with one attached hydrogen (secondary N) is 2. The van der Waals surface area contributed by atoms with Gasteiger partial charge in [-0.3, -0.25) is 9.59 Å². The first-order valence-corrected chi connectivity index (χ1v) is 10.1. The zero-order valence-corrected chi connectivity index (χ0v) is 15.0. The van der Waals surface area contributed by atoms with E-state index in [4.69, 9.17) is 0 Å². The summed E-state index contributed by atoms with van der Waals surface area (Å²) >= 11 is 0. The maximum Gasteiger partial charge on any atom is 0.337 e. The fourth-order valence-electron chi connectivity index (χ4n) is 3.07. The lowest BCUT2D eigenvalue weighted by atomic mass is 10.2. The van der Waals surface area contributed by atoms with Crippen LogP contribution in [0.1, 0.15) is 23.2 Å². The van der Waals surface area contributed by atoms with Crippen molar-refractivity contribution in [1.29, 1.82) is 0 Å². The smallest absolute Gasteiger partial charge is 0.337 e. The highest BCUT2D eigenvalue weighted by Gasteiger charge is 2.48. The molecule has 140 valence electrons. The Morgan fingerprint density at radius 1 is 1.15 bits per heavy atom. The van der Waals surface area contributed by atoms with Crippen LogP contribution in [0.4, 0.5) is 5.69 Å². The lowest BCUT2D eigenvalue weighted by Crippen LogP contribution is -2.37. The van der Waals surface area contributed by atoms with E-state index in [0.717, 1.165) is 0 Å². The number of benzene rings is 1. The van der Waals surface area contributed by atoms with Crippen molar-refractivity contribution < 1.29 is 27.5 Å². The quantitative estimate of drug-likeness (QED) is 0.712. The number of hydrogen-bond acceptors (Lipinski definition) is 6. The van der Waals surface area contributed by atoms with Crippen LogP contribution in [0.25, 0.3) is 0 Å². The van der Waals surface area contributed by atoms with E-state index < -0.39 is 27.6 Å². The average Bonchev–Trinajstić information content (AvgIpc) is 3.33. The summed E-state index contributed by atoms with van der Waals surface area (Å²) < 4.78 is 27.5. The van der Waals surface area contributed by atoms with E-state index in [2.05, 4.69) is 15.4 Å². The largest absolute Gasteiger partial charge is 0.465 e. The first kappa shape index (κ1) is 18.4. The number of carbonyl (C=O) groups excluding carboxylic acids is 3. The number of esters is 1. The van der Waals surface area contributed by atoms with E-state index >= 15 is 0 Å². The fraction of sp³-hybridized carbons (Fsp3) is 0.471. The Balaban J connectivity index is 1.53. The highest BCUT2D eigenvalue weighted by atomic mass is 32.2. The van der Waals surface area contributed by atoms with Crippen LogP contribution in [-0.4, -0.2) is 50.9 Å². The average molecular weight is 380 g/mol. The summed E-state index contributed by atoms with van der Waals surface area (Å²) in [5.74, 6) is -1.93. The molecule has 0 radical (unpaired) electrons. The molecular formula is C17H20N2O6S. The molecule has 26 heavy (non-hydrogen) atoms. The Hall–Kier alpha value is -2.42. The van der Waals surface area contributed by atoms with Gasteiger partial charge in [0.25, 0.3) is 0 Å². The van der Waals surface area contributed by atoms with Crippen LogP contribution in [0.2, 0.25) is 0 Å². The molecule has 1 aromatic rings. The second-order valence-corrected chi connectivity index (χ2v) is 8.85. The lowest BCUT2D eigenvalue weighted by Gasteiger charge is -2.10. The minimum atomic E-state index is -3.06. The SMILES string of the molecule is COC(=O)c1cccc(NC(=O)C2CC2C(=O)NC2CCS(=O)(=O)C2)c1. The number of ether oxygens (including phenoxy) is 1. The van der Waals surface area contributed by atoms with Crippen molar-refractivity contribution in [2.45, 2.75) is 18.9 Å². The molecule has 1 heterocycles. The van der Waals surface area contributed by atoms with Crippen LogP contribution in [0.15, 0.2) is 24.3 Å².